The number of Topliss-reactive ketones (excluding diaryl/α,β-unsaturated/α-hetero) is 1. The third kappa shape index (κ3) is 6.21. The molecule has 0 spiro atoms. The van der Waals surface area contributed by atoms with Crippen molar-refractivity contribution in [3.8, 4) is 28.5 Å². The van der Waals surface area contributed by atoms with Gasteiger partial charge >= 0.3 is 11.9 Å². The Hall–Kier alpha value is -3.20. The molecule has 1 heterocycles. The molecule has 1 fully saturated rings. The highest BCUT2D eigenvalue weighted by atomic mass is 35.5. The Morgan fingerprint density at radius 3 is 2.43 bits per heavy atom. The van der Waals surface area contributed by atoms with Gasteiger partial charge in [0.1, 0.15) is 22.8 Å². The van der Waals surface area contributed by atoms with Gasteiger partial charge in [-0.1, -0.05) is 11.6 Å². The zero-order valence-corrected chi connectivity index (χ0v) is 21.5. The third-order valence-electron chi connectivity index (χ3n) is 6.65. The highest BCUT2D eigenvalue weighted by molar-refractivity contribution is 6.33. The summed E-state index contributed by atoms with van der Waals surface area (Å²) in [5.74, 6) is 0.787. The SMILES string of the molecule is Cc1cc(Cl)c(-c2nc(-c3ccc(OCC4CC4)cc3)nc(=O)[nH]2)cc1CCC(=O)C(C)(C)C(F)(F)F. The molecule has 0 aliphatic heterocycles. The van der Waals surface area contributed by atoms with E-state index in [2.05, 4.69) is 15.0 Å². The van der Waals surface area contributed by atoms with Gasteiger partial charge in [-0.2, -0.15) is 18.2 Å². The number of hydrogen-bond donors (Lipinski definition) is 1. The van der Waals surface area contributed by atoms with E-state index >= 15 is 0 Å². The van der Waals surface area contributed by atoms with Crippen LogP contribution in [0.15, 0.2) is 41.2 Å². The van der Waals surface area contributed by atoms with Crippen molar-refractivity contribution < 1.29 is 22.7 Å². The van der Waals surface area contributed by atoms with Crippen molar-refractivity contribution in [2.45, 2.75) is 52.6 Å². The summed E-state index contributed by atoms with van der Waals surface area (Å²) in [5, 5.41) is 0.298. The Morgan fingerprint density at radius 2 is 1.81 bits per heavy atom. The van der Waals surface area contributed by atoms with Crippen LogP contribution in [-0.2, 0) is 11.2 Å². The van der Waals surface area contributed by atoms with E-state index in [4.69, 9.17) is 16.3 Å². The summed E-state index contributed by atoms with van der Waals surface area (Å²) in [6.07, 6.45) is -2.48. The molecule has 1 saturated carbocycles. The number of carbonyl (C=O) groups is 1. The smallest absolute Gasteiger partial charge is 0.400 e. The van der Waals surface area contributed by atoms with Gasteiger partial charge in [-0.15, -0.1) is 0 Å². The minimum absolute atomic E-state index is 0.0822. The number of hydrogen-bond acceptors (Lipinski definition) is 5. The van der Waals surface area contributed by atoms with Crippen LogP contribution in [0, 0.1) is 18.3 Å². The third-order valence-corrected chi connectivity index (χ3v) is 6.97. The fourth-order valence-electron chi connectivity index (χ4n) is 3.73. The van der Waals surface area contributed by atoms with E-state index in [9.17, 15) is 22.8 Å². The highest BCUT2D eigenvalue weighted by Gasteiger charge is 2.51. The number of carbonyl (C=O) groups excluding carboxylic acids is 1. The van der Waals surface area contributed by atoms with Crippen molar-refractivity contribution >= 4 is 17.4 Å². The maximum atomic E-state index is 13.2. The molecule has 0 amide bonds. The fraction of sp³-hybridized carbons (Fsp3) is 0.407. The first-order valence-electron chi connectivity index (χ1n) is 12.0. The van der Waals surface area contributed by atoms with Crippen LogP contribution in [0.25, 0.3) is 22.8 Å². The first-order valence-corrected chi connectivity index (χ1v) is 12.3. The zero-order valence-electron chi connectivity index (χ0n) is 20.7. The summed E-state index contributed by atoms with van der Waals surface area (Å²) in [7, 11) is 0. The fourth-order valence-corrected chi connectivity index (χ4v) is 4.03. The van der Waals surface area contributed by atoms with E-state index in [1.165, 1.54) is 12.8 Å². The van der Waals surface area contributed by atoms with Crippen molar-refractivity contribution in [3.63, 3.8) is 0 Å². The molecule has 6 nitrogen and oxygen atoms in total. The topological polar surface area (TPSA) is 84.9 Å². The van der Waals surface area contributed by atoms with Gasteiger partial charge in [-0.3, -0.25) is 9.78 Å². The van der Waals surface area contributed by atoms with Crippen LogP contribution in [0.3, 0.4) is 0 Å². The molecule has 0 unspecified atom stereocenters. The number of aromatic amines is 1. The first kappa shape index (κ1) is 26.9. The molecule has 0 bridgehead atoms. The molecular weight excluding hydrogens is 507 g/mol. The molecule has 1 aliphatic carbocycles. The molecule has 0 saturated heterocycles. The van der Waals surface area contributed by atoms with Gasteiger partial charge in [-0.05, 0) is 93.5 Å². The van der Waals surface area contributed by atoms with E-state index in [-0.39, 0.29) is 24.5 Å². The Morgan fingerprint density at radius 1 is 1.14 bits per heavy atom. The molecule has 37 heavy (non-hydrogen) atoms. The Labute approximate surface area is 217 Å². The van der Waals surface area contributed by atoms with Gasteiger partial charge in [-0.25, -0.2) is 9.78 Å². The van der Waals surface area contributed by atoms with Gasteiger partial charge in [0.25, 0.3) is 0 Å². The number of rotatable bonds is 9. The number of H-pyrrole nitrogens is 1. The standard InChI is InChI=1S/C27H27ClF3N3O3/c1-15-12-21(28)20(13-18(15)8-11-22(35)26(2,3)27(29,30)31)24-32-23(33-25(36)34-24)17-6-9-19(10-7-17)37-14-16-4-5-16/h6-7,9-10,12-13,16H,4-5,8,11,14H2,1-3H3,(H,32,33,34,36). The summed E-state index contributed by atoms with van der Waals surface area (Å²) in [5.41, 5.74) is -0.742. The summed E-state index contributed by atoms with van der Waals surface area (Å²) in [4.78, 5) is 35.7. The quantitative estimate of drug-likeness (QED) is 0.347. The molecule has 10 heteroatoms. The largest absolute Gasteiger partial charge is 0.493 e. The summed E-state index contributed by atoms with van der Waals surface area (Å²) < 4.78 is 45.5. The number of ether oxygens (including phenoxy) is 1. The summed E-state index contributed by atoms with van der Waals surface area (Å²) in [6.45, 7) is 4.20. The highest BCUT2D eigenvalue weighted by Crippen LogP contribution is 2.39. The summed E-state index contributed by atoms with van der Waals surface area (Å²) in [6, 6.07) is 10.4. The van der Waals surface area contributed by atoms with Crippen LogP contribution < -0.4 is 10.4 Å². The number of nitrogens with one attached hydrogen (secondary N) is 1. The number of alkyl halides is 3. The number of halogens is 4. The van der Waals surface area contributed by atoms with Crippen LogP contribution in [0.2, 0.25) is 5.02 Å². The average Bonchev–Trinajstić information content (AvgIpc) is 3.66. The second-order valence-corrected chi connectivity index (χ2v) is 10.3. The van der Waals surface area contributed by atoms with Gasteiger partial charge in [0.05, 0.1) is 11.6 Å². The first-order chi connectivity index (χ1) is 17.3. The predicted molar refractivity (Wildman–Crippen MR) is 135 cm³/mol. The zero-order chi connectivity index (χ0) is 27.0. The van der Waals surface area contributed by atoms with Crippen molar-refractivity contribution in [2.24, 2.45) is 11.3 Å². The molecule has 2 aromatic carbocycles. The predicted octanol–water partition coefficient (Wildman–Crippen LogP) is 6.34. The lowest BCUT2D eigenvalue weighted by Crippen LogP contribution is -2.39. The normalized spacial score (nSPS) is 14.0. The minimum atomic E-state index is -4.64. The molecule has 4 rings (SSSR count). The van der Waals surface area contributed by atoms with Crippen LogP contribution in [0.1, 0.15) is 44.2 Å². The number of benzene rings is 2. The maximum absolute atomic E-state index is 13.2. The molecule has 3 aromatic rings. The molecule has 0 atom stereocenters. The molecule has 1 aromatic heterocycles. The second-order valence-electron chi connectivity index (χ2n) is 9.91. The molecular formula is C27H27ClF3N3O3. The minimum Gasteiger partial charge on any atom is -0.493 e. The summed E-state index contributed by atoms with van der Waals surface area (Å²) >= 11 is 6.45. The second kappa shape index (κ2) is 10.3. The number of nitrogens with zero attached hydrogens (tertiary/aromatic N) is 2. The van der Waals surface area contributed by atoms with Crippen molar-refractivity contribution in [3.05, 3.63) is 63.0 Å². The van der Waals surface area contributed by atoms with E-state index in [0.29, 0.717) is 39.8 Å². The molecule has 1 aliphatic rings. The lowest BCUT2D eigenvalue weighted by Gasteiger charge is -2.26. The lowest BCUT2D eigenvalue weighted by molar-refractivity contribution is -0.210. The van der Waals surface area contributed by atoms with Crippen LogP contribution in [0.5, 0.6) is 5.75 Å². The molecule has 196 valence electrons. The van der Waals surface area contributed by atoms with Crippen LogP contribution in [-0.4, -0.2) is 33.5 Å². The maximum Gasteiger partial charge on any atom is 0.400 e. The van der Waals surface area contributed by atoms with E-state index in [1.54, 1.807) is 43.3 Å². The monoisotopic (exact) mass is 533 g/mol. The van der Waals surface area contributed by atoms with E-state index in [1.807, 2.05) is 0 Å². The average molecular weight is 534 g/mol. The Balaban J connectivity index is 1.58. The van der Waals surface area contributed by atoms with Crippen LogP contribution >= 0.6 is 11.6 Å². The van der Waals surface area contributed by atoms with Crippen LogP contribution in [0.4, 0.5) is 13.2 Å². The van der Waals surface area contributed by atoms with Crippen molar-refractivity contribution in [1.29, 1.82) is 0 Å². The Kier molecular flexibility index (Phi) is 7.46. The molecule has 0 radical (unpaired) electrons. The van der Waals surface area contributed by atoms with Gasteiger partial charge in [0.15, 0.2) is 5.82 Å². The van der Waals surface area contributed by atoms with Gasteiger partial charge in [0, 0.05) is 17.5 Å². The lowest BCUT2D eigenvalue weighted by atomic mass is 9.84. The number of ketones is 1. The Bertz CT molecular complexity index is 1360. The molecule has 1 N–H and O–H groups in total. The number of aryl methyl sites for hydroxylation is 2. The van der Waals surface area contributed by atoms with Gasteiger partial charge < -0.3 is 4.74 Å². The van der Waals surface area contributed by atoms with Crippen molar-refractivity contribution in [2.75, 3.05) is 6.61 Å². The van der Waals surface area contributed by atoms with E-state index < -0.39 is 23.1 Å². The van der Waals surface area contributed by atoms with E-state index in [0.717, 1.165) is 19.6 Å². The number of aromatic nitrogens is 3. The van der Waals surface area contributed by atoms with Crippen molar-refractivity contribution in [1.82, 2.24) is 15.0 Å². The van der Waals surface area contributed by atoms with Gasteiger partial charge in [0.2, 0.25) is 0 Å².